The summed E-state index contributed by atoms with van der Waals surface area (Å²) >= 11 is 1.29. The quantitative estimate of drug-likeness (QED) is 0.663. The topological polar surface area (TPSA) is 70.6 Å². The number of amidine groups is 1. The number of benzene rings is 3. The number of aliphatic imine (C=N–C) groups is 1. The van der Waals surface area contributed by atoms with Crippen LogP contribution in [0.3, 0.4) is 0 Å². The predicted molar refractivity (Wildman–Crippen MR) is 120 cm³/mol. The number of thioether (sulfide) groups is 1. The molecule has 0 bridgehead atoms. The normalized spacial score (nSPS) is 17.5. The summed E-state index contributed by atoms with van der Waals surface area (Å²) in [5.74, 6) is -0.383. The summed E-state index contributed by atoms with van der Waals surface area (Å²) in [7, 11) is 0. The molecule has 0 saturated carbocycles. The first-order valence-electron chi connectivity index (χ1n) is 9.40. The Morgan fingerprint density at radius 2 is 1.83 bits per heavy atom. The molecule has 1 atom stereocenters. The summed E-state index contributed by atoms with van der Waals surface area (Å²) in [6, 6.07) is 19.6. The van der Waals surface area contributed by atoms with Crippen LogP contribution in [0.2, 0.25) is 0 Å². The third kappa shape index (κ3) is 4.49. The van der Waals surface area contributed by atoms with Crippen LogP contribution >= 0.6 is 11.8 Å². The molecule has 5 nitrogen and oxygen atoms in total. The number of anilines is 1. The van der Waals surface area contributed by atoms with Crippen molar-refractivity contribution in [3.05, 3.63) is 71.8 Å². The SMILES string of the molecule is Cc1ccc(N=C2NC(=O)[C@H](CC(=O)Nc3ccc4ccccc4c3)S2)cc1C. The van der Waals surface area contributed by atoms with Gasteiger partial charge < -0.3 is 10.6 Å². The number of hydrogen-bond donors (Lipinski definition) is 2. The fourth-order valence-electron chi connectivity index (χ4n) is 3.15. The number of amides is 2. The molecule has 6 heteroatoms. The zero-order valence-corrected chi connectivity index (χ0v) is 17.0. The predicted octanol–water partition coefficient (Wildman–Crippen LogP) is 4.70. The lowest BCUT2D eigenvalue weighted by Crippen LogP contribution is -2.28. The average Bonchev–Trinajstić information content (AvgIpc) is 3.03. The van der Waals surface area contributed by atoms with Crippen LogP contribution in [0.25, 0.3) is 10.8 Å². The molecule has 3 aromatic rings. The lowest BCUT2D eigenvalue weighted by Gasteiger charge is -2.08. The highest BCUT2D eigenvalue weighted by molar-refractivity contribution is 8.15. The van der Waals surface area contributed by atoms with Crippen molar-refractivity contribution in [2.75, 3.05) is 5.32 Å². The van der Waals surface area contributed by atoms with Gasteiger partial charge in [0, 0.05) is 12.1 Å². The highest BCUT2D eigenvalue weighted by Gasteiger charge is 2.32. The molecule has 4 rings (SSSR count). The number of carbonyl (C=O) groups is 2. The second-order valence-corrected chi connectivity index (χ2v) is 8.29. The first kappa shape index (κ1) is 19.2. The molecule has 0 aliphatic carbocycles. The number of nitrogens with one attached hydrogen (secondary N) is 2. The van der Waals surface area contributed by atoms with Crippen LogP contribution in [0.15, 0.2) is 65.7 Å². The molecule has 1 aliphatic heterocycles. The Labute approximate surface area is 173 Å². The van der Waals surface area contributed by atoms with E-state index in [9.17, 15) is 9.59 Å². The van der Waals surface area contributed by atoms with Crippen molar-refractivity contribution in [1.29, 1.82) is 0 Å². The van der Waals surface area contributed by atoms with Gasteiger partial charge in [-0.05, 0) is 60.0 Å². The van der Waals surface area contributed by atoms with E-state index in [1.165, 1.54) is 17.3 Å². The lowest BCUT2D eigenvalue weighted by molar-refractivity contribution is -0.122. The van der Waals surface area contributed by atoms with Gasteiger partial charge in [-0.25, -0.2) is 4.99 Å². The lowest BCUT2D eigenvalue weighted by atomic mass is 10.1. The first-order valence-corrected chi connectivity index (χ1v) is 10.3. The zero-order valence-electron chi connectivity index (χ0n) is 16.2. The van der Waals surface area contributed by atoms with Gasteiger partial charge in [0.1, 0.15) is 5.25 Å². The van der Waals surface area contributed by atoms with Gasteiger partial charge in [0.05, 0.1) is 5.69 Å². The van der Waals surface area contributed by atoms with E-state index in [2.05, 4.69) is 15.6 Å². The van der Waals surface area contributed by atoms with Crippen molar-refractivity contribution >= 4 is 50.9 Å². The fraction of sp³-hybridized carbons (Fsp3) is 0.174. The molecule has 1 fully saturated rings. The van der Waals surface area contributed by atoms with Crippen molar-refractivity contribution in [2.45, 2.75) is 25.5 Å². The number of nitrogens with zero attached hydrogens (tertiary/aromatic N) is 1. The van der Waals surface area contributed by atoms with Crippen LogP contribution in [0.5, 0.6) is 0 Å². The second-order valence-electron chi connectivity index (χ2n) is 7.10. The summed E-state index contributed by atoms with van der Waals surface area (Å²) in [6.45, 7) is 4.07. The first-order chi connectivity index (χ1) is 14.0. The molecular weight excluding hydrogens is 382 g/mol. The minimum Gasteiger partial charge on any atom is -0.326 e. The van der Waals surface area contributed by atoms with E-state index >= 15 is 0 Å². The van der Waals surface area contributed by atoms with Crippen molar-refractivity contribution in [3.8, 4) is 0 Å². The Morgan fingerprint density at radius 3 is 2.62 bits per heavy atom. The molecule has 2 amide bonds. The smallest absolute Gasteiger partial charge is 0.240 e. The minimum atomic E-state index is -0.485. The maximum absolute atomic E-state index is 12.5. The third-order valence-electron chi connectivity index (χ3n) is 4.90. The number of carbonyl (C=O) groups excluding carboxylic acids is 2. The van der Waals surface area contributed by atoms with E-state index in [4.69, 9.17) is 0 Å². The van der Waals surface area contributed by atoms with Crippen LogP contribution in [0.4, 0.5) is 11.4 Å². The average molecular weight is 404 g/mol. The summed E-state index contributed by atoms with van der Waals surface area (Å²) in [4.78, 5) is 29.2. The molecule has 0 aromatic heterocycles. The van der Waals surface area contributed by atoms with Gasteiger partial charge in [-0.2, -0.15) is 0 Å². The molecule has 0 radical (unpaired) electrons. The van der Waals surface area contributed by atoms with Crippen LogP contribution in [0.1, 0.15) is 17.5 Å². The molecule has 1 aliphatic rings. The van der Waals surface area contributed by atoms with Crippen molar-refractivity contribution in [1.82, 2.24) is 5.32 Å². The number of rotatable bonds is 4. The van der Waals surface area contributed by atoms with Crippen molar-refractivity contribution < 1.29 is 9.59 Å². The van der Waals surface area contributed by atoms with Crippen molar-refractivity contribution in [2.24, 2.45) is 4.99 Å². The summed E-state index contributed by atoms with van der Waals surface area (Å²) in [5.41, 5.74) is 3.85. The van der Waals surface area contributed by atoms with E-state index < -0.39 is 5.25 Å². The van der Waals surface area contributed by atoms with Crippen LogP contribution in [-0.2, 0) is 9.59 Å². The van der Waals surface area contributed by atoms with E-state index in [-0.39, 0.29) is 18.2 Å². The van der Waals surface area contributed by atoms with E-state index in [0.29, 0.717) is 5.17 Å². The summed E-state index contributed by atoms with van der Waals surface area (Å²) < 4.78 is 0. The van der Waals surface area contributed by atoms with Gasteiger partial charge in [-0.3, -0.25) is 9.59 Å². The third-order valence-corrected chi connectivity index (χ3v) is 5.98. The van der Waals surface area contributed by atoms with E-state index in [0.717, 1.165) is 27.7 Å². The Balaban J connectivity index is 1.40. The van der Waals surface area contributed by atoms with Crippen LogP contribution in [-0.4, -0.2) is 22.2 Å². The Hall–Kier alpha value is -3.12. The largest absolute Gasteiger partial charge is 0.326 e. The molecule has 0 unspecified atom stereocenters. The standard InChI is InChI=1S/C23H21N3O2S/c1-14-7-9-18(11-15(14)2)25-23-26-22(28)20(29-23)13-21(27)24-19-10-8-16-5-3-4-6-17(16)12-19/h3-12,20H,13H2,1-2H3,(H,24,27)(H,25,26,28)/t20-/m0/s1. The maximum atomic E-state index is 12.5. The fourth-order valence-corrected chi connectivity index (χ4v) is 4.14. The van der Waals surface area contributed by atoms with Gasteiger partial charge in [0.2, 0.25) is 11.8 Å². The van der Waals surface area contributed by atoms with Crippen molar-refractivity contribution in [3.63, 3.8) is 0 Å². The van der Waals surface area contributed by atoms with Gasteiger partial charge >= 0.3 is 0 Å². The highest BCUT2D eigenvalue weighted by atomic mass is 32.2. The van der Waals surface area contributed by atoms with Gasteiger partial charge in [0.15, 0.2) is 5.17 Å². The molecule has 29 heavy (non-hydrogen) atoms. The molecular formula is C23H21N3O2S. The molecule has 1 heterocycles. The molecule has 1 saturated heterocycles. The van der Waals surface area contributed by atoms with E-state index in [1.807, 2.05) is 74.5 Å². The number of aryl methyl sites for hydroxylation is 2. The Kier molecular flexibility index (Phi) is 5.36. The monoisotopic (exact) mass is 403 g/mol. The number of fused-ring (bicyclic) bond motifs is 1. The van der Waals surface area contributed by atoms with Gasteiger partial charge in [-0.1, -0.05) is 48.2 Å². The van der Waals surface area contributed by atoms with Gasteiger partial charge in [-0.15, -0.1) is 0 Å². The maximum Gasteiger partial charge on any atom is 0.240 e. The number of hydrogen-bond acceptors (Lipinski definition) is 4. The molecule has 0 spiro atoms. The van der Waals surface area contributed by atoms with E-state index in [1.54, 1.807) is 0 Å². The minimum absolute atomic E-state index is 0.0925. The Bertz CT molecular complexity index is 1140. The second kappa shape index (κ2) is 8.09. The summed E-state index contributed by atoms with van der Waals surface area (Å²) in [6.07, 6.45) is 0.0925. The van der Waals surface area contributed by atoms with Crippen LogP contribution in [0, 0.1) is 13.8 Å². The van der Waals surface area contributed by atoms with Crippen LogP contribution < -0.4 is 10.6 Å². The molecule has 146 valence electrons. The Morgan fingerprint density at radius 1 is 1.03 bits per heavy atom. The summed E-state index contributed by atoms with van der Waals surface area (Å²) in [5, 5.41) is 7.88. The molecule has 3 aromatic carbocycles. The highest BCUT2D eigenvalue weighted by Crippen LogP contribution is 2.27. The zero-order chi connectivity index (χ0) is 20.4. The van der Waals surface area contributed by atoms with Gasteiger partial charge in [0.25, 0.3) is 0 Å². The molecule has 2 N–H and O–H groups in total.